The van der Waals surface area contributed by atoms with Crippen molar-refractivity contribution < 1.29 is 32.8 Å². The first-order valence-corrected chi connectivity index (χ1v) is 10.7. The summed E-state index contributed by atoms with van der Waals surface area (Å²) >= 11 is 8.11. The van der Waals surface area contributed by atoms with Crippen LogP contribution in [-0.4, -0.2) is 0 Å². The van der Waals surface area contributed by atoms with Crippen molar-refractivity contribution in [1.82, 2.24) is 0 Å². The summed E-state index contributed by atoms with van der Waals surface area (Å²) in [4.78, 5) is 1.24. The molecule has 0 fully saturated rings. The van der Waals surface area contributed by atoms with Gasteiger partial charge in [0.15, 0.2) is 6.20 Å². The molecular weight excluding hydrogens is 433 g/mol. The molecule has 5 nitrogen and oxygen atoms in total. The van der Waals surface area contributed by atoms with Crippen LogP contribution in [0.5, 0.6) is 0 Å². The number of aromatic nitrogens is 1. The minimum atomic E-state index is -4.94. The monoisotopic (exact) mass is 447 g/mol. The zero-order chi connectivity index (χ0) is 20.9. The number of nitrogens with zero attached hydrogens (tertiary/aromatic N) is 1. The van der Waals surface area contributed by atoms with Crippen LogP contribution in [0.15, 0.2) is 91.1 Å². The van der Waals surface area contributed by atoms with E-state index in [2.05, 4.69) is 58.7 Å². The van der Waals surface area contributed by atoms with E-state index in [9.17, 15) is 0 Å². The van der Waals surface area contributed by atoms with Crippen LogP contribution in [0.1, 0.15) is 0 Å². The molecule has 0 amide bonds. The maximum atomic E-state index is 8.49. The number of para-hydroxylation sites is 1. The molecule has 4 rings (SSSR count). The van der Waals surface area contributed by atoms with E-state index in [0.717, 1.165) is 10.7 Å². The van der Waals surface area contributed by atoms with Crippen LogP contribution < -0.4 is 22.6 Å². The normalized spacial score (nSPS) is 10.9. The number of rotatable bonds is 3. The lowest BCUT2D eigenvalue weighted by molar-refractivity contribution is -2.00. The minimum absolute atomic E-state index is 0.753. The van der Waals surface area contributed by atoms with Gasteiger partial charge in [0.05, 0.1) is 5.56 Å². The van der Waals surface area contributed by atoms with Gasteiger partial charge in [0.1, 0.15) is 21.4 Å². The zero-order valence-electron chi connectivity index (χ0n) is 14.9. The Morgan fingerprint density at radius 1 is 0.690 bits per heavy atom. The second-order valence-corrected chi connectivity index (χ2v) is 8.00. The van der Waals surface area contributed by atoms with Gasteiger partial charge in [-0.15, -0.1) is 10.2 Å². The van der Waals surface area contributed by atoms with Gasteiger partial charge in [-0.3, -0.25) is 0 Å². The van der Waals surface area contributed by atoms with Crippen molar-refractivity contribution in [1.29, 1.82) is 0 Å². The van der Waals surface area contributed by atoms with E-state index in [1.807, 2.05) is 36.4 Å². The lowest BCUT2D eigenvalue weighted by Crippen LogP contribution is -2.68. The van der Waals surface area contributed by atoms with Crippen LogP contribution in [0.4, 0.5) is 0 Å². The maximum absolute atomic E-state index is 8.49. The van der Waals surface area contributed by atoms with Gasteiger partial charge >= 0.3 is 0 Å². The Hall–Kier alpha value is -2.29. The Kier molecular flexibility index (Phi) is 7.00. The third kappa shape index (κ3) is 6.09. The number of hydrogen-bond acceptors (Lipinski definition) is 5. The highest BCUT2D eigenvalue weighted by Gasteiger charge is 2.22. The lowest BCUT2D eigenvalue weighted by atomic mass is 10.0. The Labute approximate surface area is 179 Å². The van der Waals surface area contributed by atoms with E-state index in [0.29, 0.717) is 0 Å². The number of hydrogen-bond donors (Lipinski definition) is 0. The summed E-state index contributed by atoms with van der Waals surface area (Å²) in [5, 5.41) is 0.753. The third-order valence-corrected chi connectivity index (χ3v) is 5.35. The number of halogens is 2. The van der Waals surface area contributed by atoms with Gasteiger partial charge in [-0.2, -0.15) is 0 Å². The van der Waals surface area contributed by atoms with Crippen LogP contribution in [-0.2, 0) is 0 Å². The summed E-state index contributed by atoms with van der Waals surface area (Å²) in [6.07, 6.45) is 2.17. The molecule has 0 bridgehead atoms. The average Bonchev–Trinajstić information content (AvgIpc) is 3.14. The molecule has 0 radical (unpaired) electrons. The summed E-state index contributed by atoms with van der Waals surface area (Å²) in [5.74, 6) is 0. The van der Waals surface area contributed by atoms with Crippen LogP contribution >= 0.6 is 23.1 Å². The standard InChI is InChI=1S/C21H15ClNS.ClHO4/c22-19-13-7-8-14-20(19)23-15-18(16-9-3-1-4-10-16)21(24-23)17-11-5-2-6-12-17;2-1(3,4)5/h1-15H;(H,2,3,4,5)/q+1;/p-1. The van der Waals surface area contributed by atoms with Crippen molar-refractivity contribution in [2.24, 2.45) is 0 Å². The van der Waals surface area contributed by atoms with Crippen molar-refractivity contribution in [2.45, 2.75) is 0 Å². The fraction of sp³-hybridized carbons (Fsp3) is 0. The Morgan fingerprint density at radius 3 is 1.72 bits per heavy atom. The molecule has 1 heterocycles. The SMILES string of the molecule is Clc1ccccc1-[n+]1cc(-c2ccccc2)c(-c2ccccc2)s1.[O-][Cl+3]([O-])([O-])[O-]. The van der Waals surface area contributed by atoms with Gasteiger partial charge in [0.2, 0.25) is 5.69 Å². The van der Waals surface area contributed by atoms with Crippen LogP contribution in [0.3, 0.4) is 0 Å². The highest BCUT2D eigenvalue weighted by molar-refractivity contribution is 7.06. The predicted octanol–water partition coefficient (Wildman–Crippen LogP) is 1.26. The van der Waals surface area contributed by atoms with Crippen LogP contribution in [0.25, 0.3) is 27.3 Å². The molecule has 29 heavy (non-hydrogen) atoms. The molecule has 0 aliphatic carbocycles. The van der Waals surface area contributed by atoms with E-state index in [1.165, 1.54) is 21.6 Å². The van der Waals surface area contributed by atoms with Gasteiger partial charge < -0.3 is 0 Å². The molecule has 4 aromatic rings. The quantitative estimate of drug-likeness (QED) is 0.441. The Bertz CT molecular complexity index is 1000. The van der Waals surface area contributed by atoms with Crippen molar-refractivity contribution >= 4 is 23.1 Å². The molecular formula is C21H15Cl2NO4S. The minimum Gasteiger partial charge on any atom is -0.222 e. The van der Waals surface area contributed by atoms with E-state index >= 15 is 0 Å². The van der Waals surface area contributed by atoms with Gasteiger partial charge in [0.25, 0.3) is 0 Å². The van der Waals surface area contributed by atoms with Gasteiger partial charge in [-0.05, 0) is 17.2 Å². The van der Waals surface area contributed by atoms with E-state index in [4.69, 9.17) is 30.2 Å². The molecule has 148 valence electrons. The summed E-state index contributed by atoms with van der Waals surface area (Å²) in [5.41, 5.74) is 4.64. The molecule has 0 aliphatic heterocycles. The molecule has 8 heteroatoms. The Balaban J connectivity index is 0.000000431. The molecule has 1 aromatic heterocycles. The zero-order valence-corrected chi connectivity index (χ0v) is 17.2. The average molecular weight is 448 g/mol. The summed E-state index contributed by atoms with van der Waals surface area (Å²) in [6, 6.07) is 28.9. The van der Waals surface area contributed by atoms with Crippen LogP contribution in [0, 0.1) is 10.2 Å². The van der Waals surface area contributed by atoms with Gasteiger partial charge in [0, 0.05) is 6.07 Å². The molecule has 0 aliphatic rings. The van der Waals surface area contributed by atoms with Crippen molar-refractivity contribution in [3.8, 4) is 27.3 Å². The predicted molar refractivity (Wildman–Crippen MR) is 102 cm³/mol. The molecule has 0 N–H and O–H groups in total. The van der Waals surface area contributed by atoms with Crippen molar-refractivity contribution in [3.05, 3.63) is 96.1 Å². The summed E-state index contributed by atoms with van der Waals surface area (Å²) in [6.45, 7) is 0. The molecule has 3 aromatic carbocycles. The topological polar surface area (TPSA) is 96.1 Å². The van der Waals surface area contributed by atoms with Crippen LogP contribution in [0.2, 0.25) is 5.02 Å². The lowest BCUT2D eigenvalue weighted by Gasteiger charge is -2.17. The first-order valence-electron chi connectivity index (χ1n) is 8.36. The molecule has 0 saturated heterocycles. The van der Waals surface area contributed by atoms with Gasteiger partial charge in [-0.25, -0.2) is 18.6 Å². The number of benzene rings is 3. The molecule has 0 saturated carbocycles. The maximum Gasteiger partial charge on any atom is 0.243 e. The highest BCUT2D eigenvalue weighted by Crippen LogP contribution is 2.35. The Morgan fingerprint density at radius 2 is 1.17 bits per heavy atom. The fourth-order valence-corrected chi connectivity index (χ4v) is 4.12. The largest absolute Gasteiger partial charge is 0.243 e. The second kappa shape index (κ2) is 9.47. The molecule has 0 spiro atoms. The summed E-state index contributed by atoms with van der Waals surface area (Å²) in [7, 11) is -4.94. The van der Waals surface area contributed by atoms with E-state index < -0.39 is 10.2 Å². The second-order valence-electron chi connectivity index (χ2n) is 5.85. The van der Waals surface area contributed by atoms with E-state index in [1.54, 1.807) is 11.5 Å². The molecule has 0 unspecified atom stereocenters. The smallest absolute Gasteiger partial charge is 0.222 e. The first-order chi connectivity index (χ1) is 13.8. The van der Waals surface area contributed by atoms with Crippen molar-refractivity contribution in [3.63, 3.8) is 0 Å². The van der Waals surface area contributed by atoms with Gasteiger partial charge in [-0.1, -0.05) is 88.4 Å². The van der Waals surface area contributed by atoms with E-state index in [-0.39, 0.29) is 0 Å². The third-order valence-electron chi connectivity index (χ3n) is 3.89. The highest BCUT2D eigenvalue weighted by atomic mass is 35.7. The fourth-order valence-electron chi connectivity index (χ4n) is 2.72. The molecule has 0 atom stereocenters. The van der Waals surface area contributed by atoms with Crippen molar-refractivity contribution in [2.75, 3.05) is 0 Å². The first kappa shape index (κ1) is 21.4. The summed E-state index contributed by atoms with van der Waals surface area (Å²) < 4.78 is 36.1.